The first-order chi connectivity index (χ1) is 22.2. The molecule has 10 nitrogen and oxygen atoms in total. The fourth-order valence-corrected chi connectivity index (χ4v) is 5.90. The highest BCUT2D eigenvalue weighted by Gasteiger charge is 2.27. The van der Waals surface area contributed by atoms with Gasteiger partial charge in [-0.05, 0) is 12.8 Å². The van der Waals surface area contributed by atoms with Gasteiger partial charge in [0.05, 0.1) is 19.8 Å². The number of phosphoric ester groups is 1. The lowest BCUT2D eigenvalue weighted by atomic mass is 10.0. The highest BCUT2D eigenvalue weighted by Crippen LogP contribution is 2.43. The Morgan fingerprint density at radius 1 is 0.565 bits per heavy atom. The van der Waals surface area contributed by atoms with E-state index in [0.717, 1.165) is 38.5 Å². The lowest BCUT2D eigenvalue weighted by molar-refractivity contribution is -0.161. The van der Waals surface area contributed by atoms with Gasteiger partial charge in [-0.3, -0.25) is 18.6 Å². The summed E-state index contributed by atoms with van der Waals surface area (Å²) in [5.41, 5.74) is 0. The van der Waals surface area contributed by atoms with Crippen molar-refractivity contribution in [2.45, 2.75) is 187 Å². The van der Waals surface area contributed by atoms with Crippen molar-refractivity contribution in [2.24, 2.45) is 0 Å². The Bertz CT molecular complexity index is 751. The maximum atomic E-state index is 12.5. The van der Waals surface area contributed by atoms with Gasteiger partial charge in [0.15, 0.2) is 6.10 Å². The van der Waals surface area contributed by atoms with Crippen LogP contribution in [0.2, 0.25) is 0 Å². The Morgan fingerprint density at radius 3 is 1.35 bits per heavy atom. The summed E-state index contributed by atoms with van der Waals surface area (Å²) in [6.45, 7) is 2.36. The molecule has 274 valence electrons. The molecule has 0 fully saturated rings. The smallest absolute Gasteiger partial charge is 0.462 e. The molecule has 0 aromatic heterocycles. The fourth-order valence-electron chi connectivity index (χ4n) is 5.11. The number of hydrogen-bond donors (Lipinski definition) is 3. The van der Waals surface area contributed by atoms with Gasteiger partial charge in [-0.2, -0.15) is 0 Å². The van der Waals surface area contributed by atoms with Crippen LogP contribution < -0.4 is 0 Å². The molecule has 0 aliphatic carbocycles. The second kappa shape index (κ2) is 32.5. The molecular formula is C35H69O10P. The summed E-state index contributed by atoms with van der Waals surface area (Å²) in [7, 11) is -4.60. The zero-order valence-corrected chi connectivity index (χ0v) is 30.2. The van der Waals surface area contributed by atoms with E-state index in [-0.39, 0.29) is 19.4 Å². The summed E-state index contributed by atoms with van der Waals surface area (Å²) >= 11 is 0. The molecule has 46 heavy (non-hydrogen) atoms. The van der Waals surface area contributed by atoms with Gasteiger partial charge >= 0.3 is 19.8 Å². The number of hydrogen-bond acceptors (Lipinski definition) is 9. The third-order valence-electron chi connectivity index (χ3n) is 8.01. The first-order valence-corrected chi connectivity index (χ1v) is 20.0. The Labute approximate surface area is 280 Å². The quantitative estimate of drug-likeness (QED) is 0.0337. The average Bonchev–Trinajstić information content (AvgIpc) is 3.04. The zero-order valence-electron chi connectivity index (χ0n) is 29.3. The molecule has 0 heterocycles. The first kappa shape index (κ1) is 45.0. The van der Waals surface area contributed by atoms with Crippen LogP contribution >= 0.6 is 7.82 Å². The summed E-state index contributed by atoms with van der Waals surface area (Å²) in [4.78, 5) is 34.7. The monoisotopic (exact) mass is 680 g/mol. The van der Waals surface area contributed by atoms with Crippen LogP contribution in [0.15, 0.2) is 0 Å². The van der Waals surface area contributed by atoms with Crippen LogP contribution in [0, 0.1) is 0 Å². The number of unbranched alkanes of at least 4 members (excludes halogenated alkanes) is 21. The number of ether oxygens (including phenoxy) is 2. The van der Waals surface area contributed by atoms with Gasteiger partial charge in [-0.15, -0.1) is 0 Å². The molecule has 0 aliphatic heterocycles. The largest absolute Gasteiger partial charge is 0.472 e. The van der Waals surface area contributed by atoms with Crippen molar-refractivity contribution < 1.29 is 47.8 Å². The molecule has 0 saturated carbocycles. The average molecular weight is 681 g/mol. The van der Waals surface area contributed by atoms with E-state index in [1.165, 1.54) is 96.3 Å². The van der Waals surface area contributed by atoms with Gasteiger partial charge in [0, 0.05) is 12.8 Å². The van der Waals surface area contributed by atoms with Gasteiger partial charge in [-0.25, -0.2) is 4.57 Å². The fraction of sp³-hybridized carbons (Fsp3) is 0.943. The van der Waals surface area contributed by atoms with Crippen molar-refractivity contribution in [3.05, 3.63) is 0 Å². The van der Waals surface area contributed by atoms with Crippen LogP contribution in [-0.4, -0.2) is 65.7 Å². The van der Waals surface area contributed by atoms with Crippen LogP contribution in [0.3, 0.4) is 0 Å². The van der Waals surface area contributed by atoms with E-state index < -0.39 is 51.8 Å². The van der Waals surface area contributed by atoms with Gasteiger partial charge < -0.3 is 24.6 Å². The van der Waals surface area contributed by atoms with E-state index in [9.17, 15) is 24.2 Å². The Kier molecular flexibility index (Phi) is 31.8. The topological polar surface area (TPSA) is 149 Å². The SMILES string of the molecule is CCCCCCCCCCCCCCCCC(=O)OC(COC(=O)CCCCCCCCCCC)COP(=O)(O)OCC(O)CO. The van der Waals surface area contributed by atoms with Crippen LogP contribution in [0.25, 0.3) is 0 Å². The highest BCUT2D eigenvalue weighted by atomic mass is 31.2. The Morgan fingerprint density at radius 2 is 0.935 bits per heavy atom. The number of esters is 2. The van der Waals surface area contributed by atoms with E-state index in [0.29, 0.717) is 12.8 Å². The molecule has 0 aliphatic rings. The first-order valence-electron chi connectivity index (χ1n) is 18.5. The standard InChI is InChI=1S/C35H69O10P/c1-3-5-7-9-11-13-14-15-16-17-19-21-23-25-27-35(39)45-33(31-44-46(40,41)43-29-32(37)28-36)30-42-34(38)26-24-22-20-18-12-10-8-6-4-2/h32-33,36-37H,3-31H2,1-2H3,(H,40,41). The number of aliphatic hydroxyl groups is 2. The number of carbonyl (C=O) groups excluding carboxylic acids is 2. The molecule has 0 rings (SSSR count). The molecule has 0 aromatic carbocycles. The van der Waals surface area contributed by atoms with Crippen molar-refractivity contribution in [1.29, 1.82) is 0 Å². The molecule has 0 aromatic rings. The second-order valence-electron chi connectivity index (χ2n) is 12.6. The molecule has 0 spiro atoms. The minimum absolute atomic E-state index is 0.191. The van der Waals surface area contributed by atoms with Crippen LogP contribution in [-0.2, 0) is 32.7 Å². The minimum atomic E-state index is -4.60. The maximum absolute atomic E-state index is 12.5. The predicted molar refractivity (Wildman–Crippen MR) is 182 cm³/mol. The molecular weight excluding hydrogens is 611 g/mol. The molecule has 3 atom stereocenters. The summed E-state index contributed by atoms with van der Waals surface area (Å²) in [6.07, 6.45) is 25.1. The van der Waals surface area contributed by atoms with E-state index in [1.807, 2.05) is 0 Å². The van der Waals surface area contributed by atoms with Gasteiger partial charge in [0.1, 0.15) is 12.7 Å². The molecule has 0 radical (unpaired) electrons. The molecule has 0 amide bonds. The molecule has 3 N–H and O–H groups in total. The molecule has 0 saturated heterocycles. The molecule has 0 bridgehead atoms. The maximum Gasteiger partial charge on any atom is 0.472 e. The zero-order chi connectivity index (χ0) is 34.1. The van der Waals surface area contributed by atoms with Crippen LogP contribution in [0.5, 0.6) is 0 Å². The van der Waals surface area contributed by atoms with Gasteiger partial charge in [0.25, 0.3) is 0 Å². The number of aliphatic hydroxyl groups excluding tert-OH is 2. The van der Waals surface area contributed by atoms with Crippen molar-refractivity contribution in [1.82, 2.24) is 0 Å². The molecule has 3 unspecified atom stereocenters. The third-order valence-corrected chi connectivity index (χ3v) is 8.96. The second-order valence-corrected chi connectivity index (χ2v) is 14.1. The summed E-state index contributed by atoms with van der Waals surface area (Å²) < 4.78 is 32.5. The lowest BCUT2D eigenvalue weighted by Crippen LogP contribution is -2.29. The van der Waals surface area contributed by atoms with Crippen molar-refractivity contribution >= 4 is 19.8 Å². The van der Waals surface area contributed by atoms with E-state index >= 15 is 0 Å². The number of rotatable bonds is 35. The number of carbonyl (C=O) groups is 2. The molecule has 11 heteroatoms. The van der Waals surface area contributed by atoms with E-state index in [1.54, 1.807) is 0 Å². The van der Waals surface area contributed by atoms with Crippen molar-refractivity contribution in [3.8, 4) is 0 Å². The predicted octanol–water partition coefficient (Wildman–Crippen LogP) is 8.72. The normalized spacial score (nSPS) is 14.1. The summed E-state index contributed by atoms with van der Waals surface area (Å²) in [6, 6.07) is 0. The Balaban J connectivity index is 4.34. The van der Waals surface area contributed by atoms with E-state index in [4.69, 9.17) is 19.1 Å². The van der Waals surface area contributed by atoms with E-state index in [2.05, 4.69) is 18.4 Å². The summed E-state index contributed by atoms with van der Waals surface area (Å²) in [5.74, 6) is -0.919. The van der Waals surface area contributed by atoms with Gasteiger partial charge in [-0.1, -0.05) is 149 Å². The van der Waals surface area contributed by atoms with Crippen molar-refractivity contribution in [3.63, 3.8) is 0 Å². The van der Waals surface area contributed by atoms with Gasteiger partial charge in [0.2, 0.25) is 0 Å². The lowest BCUT2D eigenvalue weighted by Gasteiger charge is -2.20. The Hall–Kier alpha value is -1.03. The third kappa shape index (κ3) is 31.6. The van der Waals surface area contributed by atoms with Crippen LogP contribution in [0.4, 0.5) is 0 Å². The van der Waals surface area contributed by atoms with Crippen molar-refractivity contribution in [2.75, 3.05) is 26.4 Å². The number of phosphoric acid groups is 1. The van der Waals surface area contributed by atoms with Crippen LogP contribution in [0.1, 0.15) is 174 Å². The summed E-state index contributed by atoms with van der Waals surface area (Å²) in [5, 5.41) is 18.2. The highest BCUT2D eigenvalue weighted by molar-refractivity contribution is 7.47. The minimum Gasteiger partial charge on any atom is -0.462 e.